The number of benzene rings is 1. The fourth-order valence-corrected chi connectivity index (χ4v) is 4.11. The van der Waals surface area contributed by atoms with Crippen LogP contribution in [-0.2, 0) is 10.3 Å². The molecular weight excluding hydrogens is 284 g/mol. The first-order valence-corrected chi connectivity index (χ1v) is 9.30. The molecule has 0 spiro atoms. The van der Waals surface area contributed by atoms with E-state index in [-0.39, 0.29) is 11.4 Å². The van der Waals surface area contributed by atoms with Crippen molar-refractivity contribution < 1.29 is 4.79 Å². The Kier molecular flexibility index (Phi) is 3.92. The normalized spacial score (nSPS) is 24.1. The van der Waals surface area contributed by atoms with Crippen LogP contribution in [0.15, 0.2) is 30.3 Å². The van der Waals surface area contributed by atoms with Crippen LogP contribution in [0.5, 0.6) is 0 Å². The third kappa shape index (κ3) is 3.16. The van der Waals surface area contributed by atoms with Crippen LogP contribution in [0.1, 0.15) is 57.4 Å². The van der Waals surface area contributed by atoms with Gasteiger partial charge in [-0.2, -0.15) is 0 Å². The number of nitrogens with one attached hydrogen (secondary N) is 1. The molecule has 4 rings (SSSR count). The molecule has 3 nitrogen and oxygen atoms in total. The zero-order valence-electron chi connectivity index (χ0n) is 14.1. The summed E-state index contributed by atoms with van der Waals surface area (Å²) in [4.78, 5) is 15.2. The van der Waals surface area contributed by atoms with E-state index in [1.165, 1.54) is 37.7 Å². The largest absolute Gasteiger partial charge is 0.345 e. The van der Waals surface area contributed by atoms with Crippen LogP contribution in [0.4, 0.5) is 0 Å². The van der Waals surface area contributed by atoms with Gasteiger partial charge in [-0.1, -0.05) is 30.3 Å². The average molecular weight is 312 g/mol. The molecule has 3 fully saturated rings. The lowest BCUT2D eigenvalue weighted by Gasteiger charge is -2.43. The highest BCUT2D eigenvalue weighted by molar-refractivity contribution is 5.79. The molecule has 1 unspecified atom stereocenters. The van der Waals surface area contributed by atoms with Crippen molar-refractivity contribution in [1.82, 2.24) is 10.2 Å². The molecule has 0 saturated heterocycles. The van der Waals surface area contributed by atoms with E-state index in [1.807, 2.05) is 6.07 Å². The Balaban J connectivity index is 1.42. The fourth-order valence-electron chi connectivity index (χ4n) is 4.11. The van der Waals surface area contributed by atoms with Crippen molar-refractivity contribution >= 4 is 5.91 Å². The highest BCUT2D eigenvalue weighted by Crippen LogP contribution is 2.42. The quantitative estimate of drug-likeness (QED) is 0.836. The second kappa shape index (κ2) is 5.94. The first kappa shape index (κ1) is 15.2. The minimum Gasteiger partial charge on any atom is -0.345 e. The second-order valence-corrected chi connectivity index (χ2v) is 7.83. The van der Waals surface area contributed by atoms with Gasteiger partial charge in [0.05, 0.1) is 12.1 Å². The fraction of sp³-hybridized carbons (Fsp3) is 0.650. The van der Waals surface area contributed by atoms with Crippen LogP contribution >= 0.6 is 0 Å². The minimum absolute atomic E-state index is 0.101. The summed E-state index contributed by atoms with van der Waals surface area (Å²) in [6.45, 7) is 2.90. The Bertz CT molecular complexity index is 558. The minimum atomic E-state index is -0.101. The molecule has 1 aromatic carbocycles. The van der Waals surface area contributed by atoms with E-state index < -0.39 is 0 Å². The SMILES string of the molecule is CC(C1CC1)N(CC(=O)NC1(c2ccccc2)CCC1)C1CC1. The maximum Gasteiger partial charge on any atom is 0.234 e. The van der Waals surface area contributed by atoms with Gasteiger partial charge >= 0.3 is 0 Å². The number of nitrogens with zero attached hydrogens (tertiary/aromatic N) is 1. The molecule has 23 heavy (non-hydrogen) atoms. The Morgan fingerprint density at radius 2 is 1.91 bits per heavy atom. The van der Waals surface area contributed by atoms with Gasteiger partial charge in [0.2, 0.25) is 5.91 Å². The van der Waals surface area contributed by atoms with Gasteiger partial charge in [0.15, 0.2) is 0 Å². The second-order valence-electron chi connectivity index (χ2n) is 7.83. The van der Waals surface area contributed by atoms with Crippen molar-refractivity contribution in [2.24, 2.45) is 5.92 Å². The van der Waals surface area contributed by atoms with Gasteiger partial charge in [-0.3, -0.25) is 9.69 Å². The summed E-state index contributed by atoms with van der Waals surface area (Å²) < 4.78 is 0. The van der Waals surface area contributed by atoms with Crippen LogP contribution in [0.3, 0.4) is 0 Å². The molecule has 1 aromatic rings. The number of carbonyl (C=O) groups excluding carboxylic acids is 1. The van der Waals surface area contributed by atoms with Crippen molar-refractivity contribution in [2.75, 3.05) is 6.54 Å². The van der Waals surface area contributed by atoms with Gasteiger partial charge < -0.3 is 5.32 Å². The Labute approximate surface area is 139 Å². The van der Waals surface area contributed by atoms with E-state index in [0.29, 0.717) is 18.6 Å². The smallest absolute Gasteiger partial charge is 0.234 e. The lowest BCUT2D eigenvalue weighted by atomic mass is 9.72. The Hall–Kier alpha value is -1.35. The predicted molar refractivity (Wildman–Crippen MR) is 92.0 cm³/mol. The molecule has 3 saturated carbocycles. The summed E-state index contributed by atoms with van der Waals surface area (Å²) in [6.07, 6.45) is 8.59. The van der Waals surface area contributed by atoms with Crippen LogP contribution in [0, 0.1) is 5.92 Å². The van der Waals surface area contributed by atoms with Crippen LogP contribution in [-0.4, -0.2) is 29.4 Å². The third-order valence-electron chi connectivity index (χ3n) is 6.08. The molecule has 1 N–H and O–H groups in total. The molecule has 0 radical (unpaired) electrons. The summed E-state index contributed by atoms with van der Waals surface area (Å²) in [7, 11) is 0. The van der Waals surface area contributed by atoms with E-state index in [4.69, 9.17) is 0 Å². The highest BCUT2D eigenvalue weighted by Gasteiger charge is 2.43. The Morgan fingerprint density at radius 1 is 1.22 bits per heavy atom. The number of amides is 1. The van der Waals surface area contributed by atoms with Gasteiger partial charge in [-0.05, 0) is 63.4 Å². The summed E-state index contributed by atoms with van der Waals surface area (Å²) in [5.41, 5.74) is 1.17. The summed E-state index contributed by atoms with van der Waals surface area (Å²) >= 11 is 0. The van der Waals surface area contributed by atoms with Crippen LogP contribution < -0.4 is 5.32 Å². The zero-order chi connectivity index (χ0) is 15.9. The van der Waals surface area contributed by atoms with Gasteiger partial charge in [-0.15, -0.1) is 0 Å². The van der Waals surface area contributed by atoms with Crippen molar-refractivity contribution in [3.63, 3.8) is 0 Å². The molecule has 0 heterocycles. The summed E-state index contributed by atoms with van der Waals surface area (Å²) in [6, 6.07) is 11.7. The van der Waals surface area contributed by atoms with Crippen molar-refractivity contribution in [1.29, 1.82) is 0 Å². The molecule has 124 valence electrons. The van der Waals surface area contributed by atoms with Gasteiger partial charge in [0.25, 0.3) is 0 Å². The molecule has 0 aliphatic heterocycles. The molecule has 3 heteroatoms. The lowest BCUT2D eigenvalue weighted by Crippen LogP contribution is -2.54. The predicted octanol–water partition coefficient (Wildman–Crippen LogP) is 3.44. The van der Waals surface area contributed by atoms with Crippen LogP contribution in [0.25, 0.3) is 0 Å². The monoisotopic (exact) mass is 312 g/mol. The standard InChI is InChI=1S/C20H28N2O/c1-15(16-8-9-16)22(18-10-11-18)14-19(23)21-20(12-5-13-20)17-6-3-2-4-7-17/h2-4,6-7,15-16,18H,5,8-14H2,1H3,(H,21,23). The zero-order valence-corrected chi connectivity index (χ0v) is 14.1. The first-order valence-electron chi connectivity index (χ1n) is 9.30. The highest BCUT2D eigenvalue weighted by atomic mass is 16.2. The molecule has 0 bridgehead atoms. The molecule has 3 aliphatic rings. The number of hydrogen-bond donors (Lipinski definition) is 1. The van der Waals surface area contributed by atoms with E-state index in [9.17, 15) is 4.79 Å². The lowest BCUT2D eigenvalue weighted by molar-refractivity contribution is -0.126. The first-order chi connectivity index (χ1) is 11.2. The summed E-state index contributed by atoms with van der Waals surface area (Å²) in [5.74, 6) is 1.04. The average Bonchev–Trinajstić information content (AvgIpc) is 3.39. The van der Waals surface area contributed by atoms with Gasteiger partial charge in [0, 0.05) is 12.1 Å². The van der Waals surface area contributed by atoms with E-state index in [1.54, 1.807) is 0 Å². The van der Waals surface area contributed by atoms with E-state index >= 15 is 0 Å². The molecule has 1 amide bonds. The van der Waals surface area contributed by atoms with Crippen molar-refractivity contribution in [3.05, 3.63) is 35.9 Å². The number of carbonyl (C=O) groups is 1. The molecular formula is C20H28N2O. The van der Waals surface area contributed by atoms with E-state index in [2.05, 4.69) is 41.4 Å². The molecule has 0 aromatic heterocycles. The maximum absolute atomic E-state index is 12.8. The number of hydrogen-bond acceptors (Lipinski definition) is 2. The van der Waals surface area contributed by atoms with E-state index in [0.717, 1.165) is 18.8 Å². The molecule has 1 atom stereocenters. The van der Waals surface area contributed by atoms with Gasteiger partial charge in [0.1, 0.15) is 0 Å². The van der Waals surface area contributed by atoms with Crippen molar-refractivity contribution in [2.45, 2.75) is 69.5 Å². The summed E-state index contributed by atoms with van der Waals surface area (Å²) in [5, 5.41) is 3.39. The molecule has 3 aliphatic carbocycles. The van der Waals surface area contributed by atoms with Crippen molar-refractivity contribution in [3.8, 4) is 0 Å². The third-order valence-corrected chi connectivity index (χ3v) is 6.08. The topological polar surface area (TPSA) is 32.3 Å². The van der Waals surface area contributed by atoms with Crippen LogP contribution in [0.2, 0.25) is 0 Å². The number of rotatable bonds is 7. The van der Waals surface area contributed by atoms with Gasteiger partial charge in [-0.25, -0.2) is 0 Å². The maximum atomic E-state index is 12.8. The Morgan fingerprint density at radius 3 is 2.43 bits per heavy atom.